The van der Waals surface area contributed by atoms with Crippen LogP contribution in [0.4, 0.5) is 5.69 Å². The normalized spacial score (nSPS) is 15.6. The molecule has 1 aromatic rings. The maximum absolute atomic E-state index is 10.7. The van der Waals surface area contributed by atoms with Crippen LogP contribution in [0.5, 0.6) is 0 Å². The number of piperazine rings is 1. The Hall–Kier alpha value is -0.680. The fourth-order valence-corrected chi connectivity index (χ4v) is 2.84. The van der Waals surface area contributed by atoms with Crippen LogP contribution >= 0.6 is 35.6 Å². The van der Waals surface area contributed by atoms with E-state index in [2.05, 4.69) is 9.80 Å². The number of benzene rings is 1. The Bertz CT molecular complexity index is 477. The molecule has 0 bridgehead atoms. The zero-order valence-corrected chi connectivity index (χ0v) is 14.1. The second-order valence-corrected chi connectivity index (χ2v) is 5.76. The molecule has 1 aromatic carbocycles. The van der Waals surface area contributed by atoms with Crippen molar-refractivity contribution >= 4 is 47.2 Å². The lowest BCUT2D eigenvalue weighted by Crippen LogP contribution is -2.46. The second-order valence-electron chi connectivity index (χ2n) is 4.97. The van der Waals surface area contributed by atoms with Gasteiger partial charge < -0.3 is 10.6 Å². The highest BCUT2D eigenvalue weighted by Crippen LogP contribution is 2.32. The minimum atomic E-state index is -0.227. The molecular formula is C14H20Cl3N3O. The average Bonchev–Trinajstić information content (AvgIpc) is 2.42. The smallest absolute Gasteiger partial charge is 0.217 e. The molecule has 1 aliphatic rings. The van der Waals surface area contributed by atoms with Crippen molar-refractivity contribution in [1.29, 1.82) is 0 Å². The van der Waals surface area contributed by atoms with Crippen molar-refractivity contribution in [3.05, 3.63) is 28.2 Å². The summed E-state index contributed by atoms with van der Waals surface area (Å²) >= 11 is 12.3. The molecule has 4 nitrogen and oxygen atoms in total. The molecule has 2 rings (SSSR count). The SMILES string of the molecule is Cl.NC(=O)CCCN1CCN(c2cccc(Cl)c2Cl)CC1. The lowest BCUT2D eigenvalue weighted by Gasteiger charge is -2.36. The lowest BCUT2D eigenvalue weighted by atomic mass is 10.2. The molecule has 1 saturated heterocycles. The van der Waals surface area contributed by atoms with Crippen LogP contribution in [0.15, 0.2) is 18.2 Å². The van der Waals surface area contributed by atoms with E-state index >= 15 is 0 Å². The van der Waals surface area contributed by atoms with Crippen molar-refractivity contribution in [3.63, 3.8) is 0 Å². The first-order chi connectivity index (χ1) is 9.58. The van der Waals surface area contributed by atoms with E-state index in [-0.39, 0.29) is 18.3 Å². The zero-order chi connectivity index (χ0) is 14.5. The first kappa shape index (κ1) is 18.4. The quantitative estimate of drug-likeness (QED) is 0.886. The van der Waals surface area contributed by atoms with E-state index in [1.807, 2.05) is 12.1 Å². The highest BCUT2D eigenvalue weighted by Gasteiger charge is 2.19. The molecule has 0 radical (unpaired) electrons. The molecule has 0 unspecified atom stereocenters. The molecule has 0 saturated carbocycles. The Balaban J connectivity index is 0.00000220. The van der Waals surface area contributed by atoms with Crippen LogP contribution < -0.4 is 10.6 Å². The highest BCUT2D eigenvalue weighted by molar-refractivity contribution is 6.43. The van der Waals surface area contributed by atoms with E-state index in [0.29, 0.717) is 16.5 Å². The summed E-state index contributed by atoms with van der Waals surface area (Å²) in [7, 11) is 0. The number of hydrogen-bond donors (Lipinski definition) is 1. The molecule has 0 atom stereocenters. The number of carbonyl (C=O) groups is 1. The summed E-state index contributed by atoms with van der Waals surface area (Å²) in [5.41, 5.74) is 6.14. The largest absolute Gasteiger partial charge is 0.370 e. The van der Waals surface area contributed by atoms with Crippen LogP contribution in [0.1, 0.15) is 12.8 Å². The number of rotatable bonds is 5. The Labute approximate surface area is 141 Å². The molecular weight excluding hydrogens is 333 g/mol. The molecule has 2 N–H and O–H groups in total. The number of nitrogens with two attached hydrogens (primary N) is 1. The van der Waals surface area contributed by atoms with Gasteiger partial charge in [-0.25, -0.2) is 0 Å². The highest BCUT2D eigenvalue weighted by atomic mass is 35.5. The average molecular weight is 353 g/mol. The Morgan fingerprint density at radius 2 is 1.86 bits per heavy atom. The van der Waals surface area contributed by atoms with E-state index in [0.717, 1.165) is 44.8 Å². The third-order valence-electron chi connectivity index (χ3n) is 3.54. The second kappa shape index (κ2) is 8.69. The zero-order valence-electron chi connectivity index (χ0n) is 11.7. The van der Waals surface area contributed by atoms with Gasteiger partial charge in [0.1, 0.15) is 0 Å². The molecule has 1 heterocycles. The third-order valence-corrected chi connectivity index (χ3v) is 4.35. The van der Waals surface area contributed by atoms with Gasteiger partial charge in [-0.15, -0.1) is 12.4 Å². The molecule has 1 amide bonds. The maximum Gasteiger partial charge on any atom is 0.217 e. The number of amides is 1. The van der Waals surface area contributed by atoms with Gasteiger partial charge in [0.15, 0.2) is 0 Å². The number of nitrogens with zero attached hydrogens (tertiary/aromatic N) is 2. The number of primary amides is 1. The standard InChI is InChI=1S/C14H19Cl2N3O.ClH/c15-11-3-1-4-12(14(11)16)19-9-7-18(8-10-19)6-2-5-13(17)20;/h1,3-4H,2,5-10H2,(H2,17,20);1H. The van der Waals surface area contributed by atoms with Gasteiger partial charge in [0, 0.05) is 32.6 Å². The van der Waals surface area contributed by atoms with Crippen molar-refractivity contribution in [2.24, 2.45) is 5.73 Å². The first-order valence-electron chi connectivity index (χ1n) is 6.77. The molecule has 7 heteroatoms. The minimum absolute atomic E-state index is 0. The van der Waals surface area contributed by atoms with Crippen molar-refractivity contribution in [2.75, 3.05) is 37.6 Å². The van der Waals surface area contributed by atoms with Crippen LogP contribution in [0.2, 0.25) is 10.0 Å². The minimum Gasteiger partial charge on any atom is -0.370 e. The van der Waals surface area contributed by atoms with Gasteiger partial charge in [-0.2, -0.15) is 0 Å². The first-order valence-corrected chi connectivity index (χ1v) is 7.53. The van der Waals surface area contributed by atoms with Crippen LogP contribution in [0, 0.1) is 0 Å². The third kappa shape index (κ3) is 5.22. The topological polar surface area (TPSA) is 49.6 Å². The Morgan fingerprint density at radius 1 is 1.19 bits per heavy atom. The predicted molar refractivity (Wildman–Crippen MR) is 90.8 cm³/mol. The van der Waals surface area contributed by atoms with Gasteiger partial charge in [-0.3, -0.25) is 9.69 Å². The molecule has 1 fully saturated rings. The van der Waals surface area contributed by atoms with Gasteiger partial charge in [0.25, 0.3) is 0 Å². The molecule has 118 valence electrons. The fraction of sp³-hybridized carbons (Fsp3) is 0.500. The monoisotopic (exact) mass is 351 g/mol. The number of hydrogen-bond acceptors (Lipinski definition) is 3. The van der Waals surface area contributed by atoms with Crippen LogP contribution in [-0.4, -0.2) is 43.5 Å². The Morgan fingerprint density at radius 3 is 2.48 bits per heavy atom. The van der Waals surface area contributed by atoms with Gasteiger partial charge in [0.05, 0.1) is 15.7 Å². The summed E-state index contributed by atoms with van der Waals surface area (Å²) in [5.74, 6) is -0.227. The summed E-state index contributed by atoms with van der Waals surface area (Å²) in [5, 5.41) is 1.21. The van der Waals surface area contributed by atoms with E-state index < -0.39 is 0 Å². The molecule has 0 aromatic heterocycles. The van der Waals surface area contributed by atoms with Crippen LogP contribution in [-0.2, 0) is 4.79 Å². The summed E-state index contributed by atoms with van der Waals surface area (Å²) in [4.78, 5) is 15.3. The van der Waals surface area contributed by atoms with Gasteiger partial charge in [0.2, 0.25) is 5.91 Å². The molecule has 1 aliphatic heterocycles. The van der Waals surface area contributed by atoms with Crippen LogP contribution in [0.25, 0.3) is 0 Å². The number of anilines is 1. The number of halogens is 3. The molecule has 0 aliphatic carbocycles. The molecule has 21 heavy (non-hydrogen) atoms. The van der Waals surface area contributed by atoms with E-state index in [4.69, 9.17) is 28.9 Å². The van der Waals surface area contributed by atoms with Crippen molar-refractivity contribution in [2.45, 2.75) is 12.8 Å². The summed E-state index contributed by atoms with van der Waals surface area (Å²) in [6.07, 6.45) is 1.29. The van der Waals surface area contributed by atoms with E-state index in [1.54, 1.807) is 6.07 Å². The van der Waals surface area contributed by atoms with Crippen molar-refractivity contribution in [1.82, 2.24) is 4.90 Å². The predicted octanol–water partition coefficient (Wildman–Crippen LogP) is 2.80. The number of carbonyl (C=O) groups excluding carboxylic acids is 1. The fourth-order valence-electron chi connectivity index (χ4n) is 2.43. The summed E-state index contributed by atoms with van der Waals surface area (Å²) in [6.45, 7) is 4.66. The van der Waals surface area contributed by atoms with Gasteiger partial charge in [-0.05, 0) is 25.1 Å². The summed E-state index contributed by atoms with van der Waals surface area (Å²) < 4.78 is 0. The van der Waals surface area contributed by atoms with Gasteiger partial charge in [-0.1, -0.05) is 29.3 Å². The van der Waals surface area contributed by atoms with E-state index in [9.17, 15) is 4.79 Å². The van der Waals surface area contributed by atoms with Crippen molar-refractivity contribution in [3.8, 4) is 0 Å². The summed E-state index contributed by atoms with van der Waals surface area (Å²) in [6, 6.07) is 5.72. The Kier molecular flexibility index (Phi) is 7.60. The van der Waals surface area contributed by atoms with E-state index in [1.165, 1.54) is 0 Å². The maximum atomic E-state index is 10.7. The van der Waals surface area contributed by atoms with Crippen LogP contribution in [0.3, 0.4) is 0 Å². The molecule has 0 spiro atoms. The lowest BCUT2D eigenvalue weighted by molar-refractivity contribution is -0.118. The van der Waals surface area contributed by atoms with Crippen molar-refractivity contribution < 1.29 is 4.79 Å². The van der Waals surface area contributed by atoms with Gasteiger partial charge >= 0.3 is 0 Å².